The number of nitrogens with zero attached hydrogens (tertiary/aromatic N) is 4. The van der Waals surface area contributed by atoms with Crippen LogP contribution in [0.25, 0.3) is 10.6 Å². The summed E-state index contributed by atoms with van der Waals surface area (Å²) >= 11 is 1.49. The molecular weight excluding hydrogens is 312 g/mol. The second-order valence-corrected chi connectivity index (χ2v) is 7.06. The largest absolute Gasteiger partial charge is 0.374 e. The minimum absolute atomic E-state index is 0.0385. The van der Waals surface area contributed by atoms with Gasteiger partial charge >= 0.3 is 0 Å². The molecule has 2 atom stereocenters. The zero-order chi connectivity index (χ0) is 15.8. The van der Waals surface area contributed by atoms with Crippen molar-refractivity contribution in [2.24, 2.45) is 7.05 Å². The van der Waals surface area contributed by atoms with Gasteiger partial charge < -0.3 is 9.64 Å². The summed E-state index contributed by atoms with van der Waals surface area (Å²) < 4.78 is 7.60. The summed E-state index contributed by atoms with van der Waals surface area (Å²) in [5.74, 6) is 0.0385. The Labute approximate surface area is 139 Å². The predicted octanol–water partition coefficient (Wildman–Crippen LogP) is 2.33. The van der Waals surface area contributed by atoms with Gasteiger partial charge in [-0.2, -0.15) is 5.10 Å². The number of ether oxygens (including phenoxy) is 1. The molecule has 2 aromatic rings. The van der Waals surface area contributed by atoms with Gasteiger partial charge in [-0.05, 0) is 12.8 Å². The average Bonchev–Trinajstić information content (AvgIpc) is 3.22. The molecule has 0 N–H and O–H groups in total. The number of hydrogen-bond donors (Lipinski definition) is 0. The van der Waals surface area contributed by atoms with E-state index in [0.717, 1.165) is 23.4 Å². The monoisotopic (exact) mass is 332 g/mol. The molecule has 1 aliphatic carbocycles. The second kappa shape index (κ2) is 6.05. The lowest BCUT2D eigenvalue weighted by atomic mass is 9.90. The Hall–Kier alpha value is -1.73. The van der Waals surface area contributed by atoms with Gasteiger partial charge in [0.1, 0.15) is 10.7 Å². The van der Waals surface area contributed by atoms with E-state index in [1.54, 1.807) is 10.9 Å². The molecule has 3 heterocycles. The van der Waals surface area contributed by atoms with E-state index in [0.29, 0.717) is 18.8 Å². The van der Waals surface area contributed by atoms with Gasteiger partial charge in [-0.1, -0.05) is 12.8 Å². The van der Waals surface area contributed by atoms with Crippen molar-refractivity contribution < 1.29 is 9.53 Å². The van der Waals surface area contributed by atoms with Crippen LogP contribution in [0, 0.1) is 0 Å². The number of thiazole rings is 1. The summed E-state index contributed by atoms with van der Waals surface area (Å²) in [4.78, 5) is 19.4. The Balaban J connectivity index is 1.55. The highest BCUT2D eigenvalue weighted by Crippen LogP contribution is 2.30. The first-order chi connectivity index (χ1) is 11.2. The molecular formula is C16H20N4O2S. The van der Waals surface area contributed by atoms with Gasteiger partial charge in [-0.15, -0.1) is 11.3 Å². The van der Waals surface area contributed by atoms with E-state index < -0.39 is 0 Å². The number of carbonyl (C=O) groups excluding carboxylic acids is 1. The fourth-order valence-electron chi connectivity index (χ4n) is 3.53. The summed E-state index contributed by atoms with van der Waals surface area (Å²) in [6.45, 7) is 1.30. The molecule has 0 radical (unpaired) electrons. The third-order valence-corrected chi connectivity index (χ3v) is 5.56. The van der Waals surface area contributed by atoms with E-state index in [4.69, 9.17) is 4.74 Å². The highest BCUT2D eigenvalue weighted by atomic mass is 32.1. The van der Waals surface area contributed by atoms with Gasteiger partial charge in [0.25, 0.3) is 5.91 Å². The molecule has 4 rings (SSSR count). The number of aromatic nitrogens is 3. The number of rotatable bonds is 2. The fraction of sp³-hybridized carbons (Fsp3) is 0.562. The van der Waals surface area contributed by atoms with Crippen LogP contribution in [-0.2, 0) is 11.8 Å². The van der Waals surface area contributed by atoms with Crippen LogP contribution in [0.5, 0.6) is 0 Å². The van der Waals surface area contributed by atoms with Gasteiger partial charge in [0.15, 0.2) is 0 Å². The van der Waals surface area contributed by atoms with Crippen molar-refractivity contribution in [2.75, 3.05) is 13.2 Å². The van der Waals surface area contributed by atoms with Gasteiger partial charge in [-0.25, -0.2) is 4.98 Å². The fourth-order valence-corrected chi connectivity index (χ4v) is 4.30. The van der Waals surface area contributed by atoms with Crippen molar-refractivity contribution >= 4 is 17.2 Å². The van der Waals surface area contributed by atoms with E-state index in [9.17, 15) is 4.79 Å². The minimum Gasteiger partial charge on any atom is -0.374 e. The molecule has 2 fully saturated rings. The van der Waals surface area contributed by atoms with E-state index in [-0.39, 0.29) is 18.1 Å². The van der Waals surface area contributed by atoms with E-state index in [2.05, 4.69) is 10.1 Å². The van der Waals surface area contributed by atoms with Crippen molar-refractivity contribution in [1.82, 2.24) is 19.7 Å². The molecule has 0 unspecified atom stereocenters. The van der Waals surface area contributed by atoms with Crippen LogP contribution in [0.2, 0.25) is 0 Å². The van der Waals surface area contributed by atoms with Gasteiger partial charge in [-0.3, -0.25) is 9.48 Å². The molecule has 1 saturated heterocycles. The molecule has 122 valence electrons. The Morgan fingerprint density at radius 3 is 3.09 bits per heavy atom. The normalized spacial score (nSPS) is 24.5. The van der Waals surface area contributed by atoms with Crippen molar-refractivity contribution in [3.63, 3.8) is 0 Å². The average molecular weight is 332 g/mol. The van der Waals surface area contributed by atoms with Crippen LogP contribution in [0.1, 0.15) is 36.2 Å². The highest BCUT2D eigenvalue weighted by Gasteiger charge is 2.37. The van der Waals surface area contributed by atoms with Crippen LogP contribution in [0.3, 0.4) is 0 Å². The standard InChI is InChI=1S/C16H20N4O2S/c1-19-9-11(8-17-19)15-18-12(10-23-15)16(21)20-6-7-22-14-5-3-2-4-13(14)20/h8-10,13-14H,2-7H2,1H3/t13-,14+/m1/s1. The number of amides is 1. The zero-order valence-corrected chi connectivity index (χ0v) is 14.0. The lowest BCUT2D eigenvalue weighted by Crippen LogP contribution is -2.54. The first-order valence-electron chi connectivity index (χ1n) is 8.09. The summed E-state index contributed by atoms with van der Waals surface area (Å²) in [5, 5.41) is 6.86. The predicted molar refractivity (Wildman–Crippen MR) is 87.3 cm³/mol. The summed E-state index contributed by atoms with van der Waals surface area (Å²) in [6.07, 6.45) is 8.37. The number of fused-ring (bicyclic) bond motifs is 1. The number of aryl methyl sites for hydroxylation is 1. The third-order valence-electron chi connectivity index (χ3n) is 4.67. The smallest absolute Gasteiger partial charge is 0.273 e. The molecule has 0 spiro atoms. The maximum atomic E-state index is 12.9. The molecule has 23 heavy (non-hydrogen) atoms. The van der Waals surface area contributed by atoms with E-state index in [1.165, 1.54) is 24.2 Å². The first kappa shape index (κ1) is 14.8. The van der Waals surface area contributed by atoms with Gasteiger partial charge in [0.05, 0.1) is 24.9 Å². The molecule has 2 aromatic heterocycles. The van der Waals surface area contributed by atoms with Gasteiger partial charge in [0.2, 0.25) is 0 Å². The topological polar surface area (TPSA) is 60.2 Å². The summed E-state index contributed by atoms with van der Waals surface area (Å²) in [6, 6.07) is 0.216. The summed E-state index contributed by atoms with van der Waals surface area (Å²) in [7, 11) is 1.88. The van der Waals surface area contributed by atoms with Gasteiger partial charge in [0, 0.05) is 30.7 Å². The SMILES string of the molecule is Cn1cc(-c2nc(C(=O)N3CCO[C@H]4CCCC[C@H]43)cs2)cn1. The van der Waals surface area contributed by atoms with Crippen LogP contribution in [0.4, 0.5) is 0 Å². The molecule has 1 amide bonds. The first-order valence-corrected chi connectivity index (χ1v) is 8.97. The maximum absolute atomic E-state index is 12.9. The van der Waals surface area contributed by atoms with E-state index >= 15 is 0 Å². The number of morpholine rings is 1. The molecule has 6 nitrogen and oxygen atoms in total. The minimum atomic E-state index is 0.0385. The van der Waals surface area contributed by atoms with Crippen LogP contribution < -0.4 is 0 Å². The zero-order valence-electron chi connectivity index (χ0n) is 13.1. The van der Waals surface area contributed by atoms with Crippen molar-refractivity contribution in [3.8, 4) is 10.6 Å². The molecule has 0 bridgehead atoms. The Kier molecular flexibility index (Phi) is 3.90. The summed E-state index contributed by atoms with van der Waals surface area (Å²) in [5.41, 5.74) is 1.49. The molecule has 0 aromatic carbocycles. The van der Waals surface area contributed by atoms with Crippen molar-refractivity contribution in [2.45, 2.75) is 37.8 Å². The second-order valence-electron chi connectivity index (χ2n) is 6.20. The number of carbonyl (C=O) groups is 1. The van der Waals surface area contributed by atoms with E-state index in [1.807, 2.05) is 23.5 Å². The van der Waals surface area contributed by atoms with Crippen molar-refractivity contribution in [1.29, 1.82) is 0 Å². The maximum Gasteiger partial charge on any atom is 0.273 e. The molecule has 1 aliphatic heterocycles. The Morgan fingerprint density at radius 1 is 1.39 bits per heavy atom. The number of hydrogen-bond acceptors (Lipinski definition) is 5. The lowest BCUT2D eigenvalue weighted by Gasteiger charge is -2.43. The molecule has 2 aliphatic rings. The highest BCUT2D eigenvalue weighted by molar-refractivity contribution is 7.13. The van der Waals surface area contributed by atoms with Crippen LogP contribution >= 0.6 is 11.3 Å². The van der Waals surface area contributed by atoms with Crippen LogP contribution in [0.15, 0.2) is 17.8 Å². The quantitative estimate of drug-likeness (QED) is 0.847. The molecule has 7 heteroatoms. The van der Waals surface area contributed by atoms with Crippen molar-refractivity contribution in [3.05, 3.63) is 23.5 Å². The lowest BCUT2D eigenvalue weighted by molar-refractivity contribution is -0.0754. The Morgan fingerprint density at radius 2 is 2.26 bits per heavy atom. The Bertz CT molecular complexity index is 709. The third kappa shape index (κ3) is 2.79. The molecule has 1 saturated carbocycles. The van der Waals surface area contributed by atoms with Crippen LogP contribution in [-0.4, -0.2) is 50.9 Å².